The Morgan fingerprint density at radius 3 is 2.00 bits per heavy atom. The summed E-state index contributed by atoms with van der Waals surface area (Å²) in [4.78, 5) is 0. The van der Waals surface area contributed by atoms with Crippen molar-refractivity contribution in [1.82, 2.24) is 0 Å². The summed E-state index contributed by atoms with van der Waals surface area (Å²) >= 11 is 0. The van der Waals surface area contributed by atoms with Gasteiger partial charge in [0.25, 0.3) is 0 Å². The van der Waals surface area contributed by atoms with Crippen molar-refractivity contribution < 1.29 is 32.5 Å². The molecule has 0 amide bonds. The van der Waals surface area contributed by atoms with E-state index in [2.05, 4.69) is 0 Å². The first-order valence-electron chi connectivity index (χ1n) is 14.0. The van der Waals surface area contributed by atoms with Gasteiger partial charge < -0.3 is 14.9 Å². The lowest BCUT2D eigenvalue weighted by Gasteiger charge is -2.36. The summed E-state index contributed by atoms with van der Waals surface area (Å²) in [6.07, 6.45) is 12.5. The van der Waals surface area contributed by atoms with Gasteiger partial charge >= 0.3 is 0 Å². The topological polar surface area (TPSA) is 49.7 Å². The van der Waals surface area contributed by atoms with E-state index in [0.29, 0.717) is 36.3 Å². The van der Waals surface area contributed by atoms with Crippen LogP contribution in [0.25, 0.3) is 5.57 Å². The fourth-order valence-electron chi connectivity index (χ4n) is 6.82. The lowest BCUT2D eigenvalue weighted by Crippen LogP contribution is -2.29. The highest BCUT2D eigenvalue weighted by atomic mass is 19.2. The Morgan fingerprint density at radius 1 is 0.684 bits per heavy atom. The van der Waals surface area contributed by atoms with E-state index in [1.807, 2.05) is 6.08 Å². The number of rotatable bonds is 6. The number of aromatic hydroxyl groups is 2. The van der Waals surface area contributed by atoms with Crippen LogP contribution in [-0.4, -0.2) is 22.9 Å². The minimum Gasteiger partial charge on any atom is -0.505 e. The second-order valence-electron chi connectivity index (χ2n) is 11.4. The molecule has 0 aromatic heterocycles. The molecule has 0 saturated heterocycles. The molecule has 2 saturated carbocycles. The summed E-state index contributed by atoms with van der Waals surface area (Å²) in [5.74, 6) is -3.96. The number of hydrogen-bond acceptors (Lipinski definition) is 3. The molecule has 3 aliphatic rings. The Balaban J connectivity index is 1.04. The number of phenolic OH excluding ortho intramolecular Hbond substituents is 2. The number of allylic oxidation sites excluding steroid dienone is 2. The standard InChI is InChI=1S/C31H36F4O3/c32-28-24(13-15-26(36)30(28)34)21-3-1-18(2-4-21)17-38-23-11-9-20(10-12-23)19-5-7-22(8-6-19)25-14-16-27(37)31(35)29(25)33/h7,13-16,18-21,23,36-37H,1-6,8-12,17H2. The van der Waals surface area contributed by atoms with Crippen molar-refractivity contribution in [3.8, 4) is 11.5 Å². The maximum atomic E-state index is 14.3. The van der Waals surface area contributed by atoms with Gasteiger partial charge in [0.1, 0.15) is 0 Å². The lowest BCUT2D eigenvalue weighted by molar-refractivity contribution is -0.0132. The molecule has 0 radical (unpaired) electrons. The molecule has 1 atom stereocenters. The third kappa shape index (κ3) is 5.73. The van der Waals surface area contributed by atoms with E-state index < -0.39 is 34.8 Å². The van der Waals surface area contributed by atoms with Gasteiger partial charge in [0.05, 0.1) is 6.10 Å². The van der Waals surface area contributed by atoms with Gasteiger partial charge in [0.2, 0.25) is 11.6 Å². The second kappa shape index (κ2) is 11.7. The maximum absolute atomic E-state index is 14.3. The van der Waals surface area contributed by atoms with Crippen molar-refractivity contribution in [1.29, 1.82) is 0 Å². The normalized spacial score (nSPS) is 28.2. The Hall–Kier alpha value is -2.54. The molecule has 3 nitrogen and oxygen atoms in total. The van der Waals surface area contributed by atoms with E-state index >= 15 is 0 Å². The van der Waals surface area contributed by atoms with Crippen LogP contribution in [0.4, 0.5) is 17.6 Å². The highest BCUT2D eigenvalue weighted by Crippen LogP contribution is 2.42. The van der Waals surface area contributed by atoms with E-state index in [9.17, 15) is 27.8 Å². The van der Waals surface area contributed by atoms with Gasteiger partial charge in [-0.3, -0.25) is 0 Å². The largest absolute Gasteiger partial charge is 0.505 e. The number of benzene rings is 2. The summed E-state index contributed by atoms with van der Waals surface area (Å²) in [7, 11) is 0. The molecule has 2 aromatic rings. The first-order valence-corrected chi connectivity index (χ1v) is 14.0. The summed E-state index contributed by atoms with van der Waals surface area (Å²) in [5, 5.41) is 18.7. The molecule has 0 heterocycles. The molecule has 2 aromatic carbocycles. The van der Waals surface area contributed by atoms with Gasteiger partial charge in [-0.25, -0.2) is 8.78 Å². The maximum Gasteiger partial charge on any atom is 0.200 e. The summed E-state index contributed by atoms with van der Waals surface area (Å²) < 4.78 is 62.3. The van der Waals surface area contributed by atoms with Crippen LogP contribution >= 0.6 is 0 Å². The van der Waals surface area contributed by atoms with Crippen molar-refractivity contribution in [2.24, 2.45) is 17.8 Å². The Bertz CT molecular complexity index is 1160. The fourth-order valence-corrected chi connectivity index (χ4v) is 6.82. The first kappa shape index (κ1) is 27.0. The molecule has 2 N–H and O–H groups in total. The van der Waals surface area contributed by atoms with E-state index in [0.717, 1.165) is 69.8 Å². The lowest BCUT2D eigenvalue weighted by atomic mass is 9.72. The fraction of sp³-hybridized carbons (Fsp3) is 0.548. The van der Waals surface area contributed by atoms with E-state index in [4.69, 9.17) is 4.74 Å². The van der Waals surface area contributed by atoms with Gasteiger partial charge in [0, 0.05) is 12.2 Å². The quantitative estimate of drug-likeness (QED) is 0.367. The zero-order valence-electron chi connectivity index (χ0n) is 21.6. The SMILES string of the molecule is Oc1ccc(C2=CCC(C3CCC(OCC4CCC(c5ccc(O)c(F)c5F)CC4)CC3)CC2)c(F)c1F. The van der Waals surface area contributed by atoms with Crippen molar-refractivity contribution in [2.75, 3.05) is 6.61 Å². The van der Waals surface area contributed by atoms with Crippen molar-refractivity contribution in [2.45, 2.75) is 82.7 Å². The predicted octanol–water partition coefficient (Wildman–Crippen LogP) is 8.39. The van der Waals surface area contributed by atoms with Crippen molar-refractivity contribution in [3.63, 3.8) is 0 Å². The molecule has 206 valence electrons. The molecule has 2 fully saturated rings. The highest BCUT2D eigenvalue weighted by molar-refractivity contribution is 5.67. The molecule has 0 spiro atoms. The van der Waals surface area contributed by atoms with E-state index in [1.165, 1.54) is 24.3 Å². The van der Waals surface area contributed by atoms with Crippen LogP contribution in [0, 0.1) is 41.0 Å². The van der Waals surface area contributed by atoms with Crippen LogP contribution in [0.2, 0.25) is 0 Å². The average Bonchev–Trinajstić information content (AvgIpc) is 2.95. The Kier molecular flexibility index (Phi) is 8.32. The third-order valence-electron chi connectivity index (χ3n) is 9.19. The number of halogens is 4. The predicted molar refractivity (Wildman–Crippen MR) is 138 cm³/mol. The number of ether oxygens (including phenoxy) is 1. The van der Waals surface area contributed by atoms with Gasteiger partial charge in [-0.2, -0.15) is 8.78 Å². The minimum atomic E-state index is -1.18. The summed E-state index contributed by atoms with van der Waals surface area (Å²) in [5.41, 5.74) is 1.44. The van der Waals surface area contributed by atoms with Crippen LogP contribution in [0.3, 0.4) is 0 Å². The summed E-state index contributed by atoms with van der Waals surface area (Å²) in [6.45, 7) is 0.707. The molecular weight excluding hydrogens is 496 g/mol. The molecule has 7 heteroatoms. The second-order valence-corrected chi connectivity index (χ2v) is 11.4. The van der Waals surface area contributed by atoms with E-state index in [-0.39, 0.29) is 17.6 Å². The monoisotopic (exact) mass is 532 g/mol. The van der Waals surface area contributed by atoms with Crippen LogP contribution in [0.5, 0.6) is 11.5 Å². The minimum absolute atomic E-state index is 0.0218. The average molecular weight is 533 g/mol. The first-order chi connectivity index (χ1) is 18.3. The molecule has 38 heavy (non-hydrogen) atoms. The molecular formula is C31H36F4O3. The van der Waals surface area contributed by atoms with Crippen LogP contribution in [-0.2, 0) is 4.74 Å². The molecule has 0 bridgehead atoms. The van der Waals surface area contributed by atoms with E-state index in [1.54, 1.807) is 0 Å². The number of hydrogen-bond donors (Lipinski definition) is 2. The van der Waals surface area contributed by atoms with Crippen LogP contribution in [0.15, 0.2) is 30.3 Å². The van der Waals surface area contributed by atoms with Gasteiger partial charge in [-0.05, 0) is 124 Å². The molecule has 0 aliphatic heterocycles. The molecule has 1 unspecified atom stereocenters. The van der Waals surface area contributed by atoms with Gasteiger partial charge in [-0.1, -0.05) is 12.1 Å². The highest BCUT2D eigenvalue weighted by Gasteiger charge is 2.31. The zero-order valence-corrected chi connectivity index (χ0v) is 21.6. The number of phenols is 2. The molecule has 3 aliphatic carbocycles. The van der Waals surface area contributed by atoms with Crippen LogP contribution < -0.4 is 0 Å². The zero-order chi connectivity index (χ0) is 26.8. The smallest absolute Gasteiger partial charge is 0.200 e. The van der Waals surface area contributed by atoms with Crippen LogP contribution in [0.1, 0.15) is 87.7 Å². The van der Waals surface area contributed by atoms with Crippen molar-refractivity contribution >= 4 is 5.57 Å². The molecule has 5 rings (SSSR count). The van der Waals surface area contributed by atoms with Gasteiger partial charge in [-0.15, -0.1) is 0 Å². The third-order valence-corrected chi connectivity index (χ3v) is 9.19. The Labute approximate surface area is 221 Å². The summed E-state index contributed by atoms with van der Waals surface area (Å²) in [6, 6.07) is 5.41. The van der Waals surface area contributed by atoms with Gasteiger partial charge in [0.15, 0.2) is 23.1 Å². The van der Waals surface area contributed by atoms with Crippen molar-refractivity contribution in [3.05, 3.63) is 64.7 Å². The Morgan fingerprint density at radius 2 is 1.34 bits per heavy atom.